The third-order valence-corrected chi connectivity index (χ3v) is 9.68. The van der Waals surface area contributed by atoms with Gasteiger partial charge in [0.1, 0.15) is 20.6 Å². The normalized spacial score (nSPS) is 16.5. The molecule has 0 atom stereocenters. The van der Waals surface area contributed by atoms with Crippen LogP contribution in [0.5, 0.6) is 11.5 Å². The van der Waals surface area contributed by atoms with Gasteiger partial charge in [-0.2, -0.15) is 0 Å². The maximum Gasteiger partial charge on any atom is 0.504 e. The minimum Gasteiger partial charge on any atom is -0.876 e. The Labute approximate surface area is 447 Å². The van der Waals surface area contributed by atoms with Crippen molar-refractivity contribution in [2.24, 2.45) is 0 Å². The Hall–Kier alpha value is -4.43. The SMILES string of the molecule is CC(=O)/C=C(/C)[O-].CC(=O)/C=C(/C)[O-].CC(=O)/C=C(/C)[O-].CC(=O)/C=C(/C)[O-].CC1(C)[N+](=O)C(c2ccccc2[O-])=[N+]([O-])C1(C)C.CC1(C)[N+](=O)C(c2ccccc2[O-])=[N+]([O-])C1(C)C.[Dy].[Dy]. The van der Waals surface area contributed by atoms with Crippen LogP contribution in [0.25, 0.3) is 0 Å². The van der Waals surface area contributed by atoms with Crippen LogP contribution in [0, 0.1) is 96.6 Å². The van der Waals surface area contributed by atoms with Crippen molar-refractivity contribution in [2.75, 3.05) is 0 Å². The van der Waals surface area contributed by atoms with Crippen LogP contribution in [0.2, 0.25) is 0 Å². The van der Waals surface area contributed by atoms with Gasteiger partial charge in [-0.05, 0) is 64.1 Å². The molecule has 0 radical (unpaired) electrons. The molecule has 372 valence electrons. The van der Waals surface area contributed by atoms with E-state index in [0.29, 0.717) is 19.0 Å². The molecule has 0 amide bonds. The molecule has 20 heteroatoms. The van der Waals surface area contributed by atoms with Gasteiger partial charge in [-0.15, -0.1) is 32.5 Å². The fourth-order valence-electron chi connectivity index (χ4n) is 5.10. The van der Waals surface area contributed by atoms with Gasteiger partial charge in [-0.1, -0.05) is 75.6 Å². The summed E-state index contributed by atoms with van der Waals surface area (Å²) in [7, 11) is 0. The maximum absolute atomic E-state index is 12.3. The standard InChI is InChI=1S/2C13H16N2O3.4C5H8O2.2Dy/c2*1-12(2)13(3,4)15(18)11(14(12)17)9-7-5-6-8-10(9)16;4*1-4(6)3-5(2)7;;/h2*5-8H,1-4H3;4*3,6H,1-2H3;;/p-4/b;;4*4-3-;;. The molecule has 0 aliphatic carbocycles. The van der Waals surface area contributed by atoms with Crippen molar-refractivity contribution in [3.05, 3.63) is 127 Å². The predicted octanol–water partition coefficient (Wildman–Crippen LogP) is 2.09. The molecular weight excluding hydrogens is 1160 g/mol. The minimum absolute atomic E-state index is 0. The molecule has 0 saturated heterocycles. The maximum atomic E-state index is 12.3. The van der Waals surface area contributed by atoms with Crippen LogP contribution in [0.3, 0.4) is 0 Å². The summed E-state index contributed by atoms with van der Waals surface area (Å²) in [6.45, 7) is 24.4. The van der Waals surface area contributed by atoms with E-state index in [1.165, 1.54) is 79.7 Å². The molecule has 2 heterocycles. The van der Waals surface area contributed by atoms with E-state index in [4.69, 9.17) is 0 Å². The van der Waals surface area contributed by atoms with Gasteiger partial charge in [0, 0.05) is 142 Å². The topological polar surface area (TPSA) is 299 Å². The van der Waals surface area contributed by atoms with E-state index in [1.807, 2.05) is 0 Å². The zero-order valence-electron chi connectivity index (χ0n) is 40.1. The summed E-state index contributed by atoms with van der Waals surface area (Å²) >= 11 is 0. The molecule has 2 aromatic rings. The van der Waals surface area contributed by atoms with Crippen LogP contribution in [0.4, 0.5) is 0 Å². The van der Waals surface area contributed by atoms with E-state index in [1.54, 1.807) is 79.7 Å². The van der Waals surface area contributed by atoms with E-state index in [0.717, 1.165) is 24.3 Å². The molecule has 2 aliphatic heterocycles. The van der Waals surface area contributed by atoms with Gasteiger partial charge in [-0.25, -0.2) is 0 Å². The first-order valence-corrected chi connectivity index (χ1v) is 19.5. The summed E-state index contributed by atoms with van der Waals surface area (Å²) in [4.78, 5) is 64.5. The second kappa shape index (κ2) is 29.4. The molecule has 0 fully saturated rings. The van der Waals surface area contributed by atoms with E-state index in [9.17, 15) is 70.0 Å². The van der Waals surface area contributed by atoms with Gasteiger partial charge < -0.3 is 41.1 Å². The number of hydrogen-bond donors (Lipinski definition) is 0. The molecule has 4 rings (SSSR count). The zero-order chi connectivity index (χ0) is 50.9. The largest absolute Gasteiger partial charge is 0.876 e. The molecule has 0 N–H and O–H groups in total. The summed E-state index contributed by atoms with van der Waals surface area (Å²) in [5.41, 5.74) is -3.28. The van der Waals surface area contributed by atoms with E-state index in [-0.39, 0.29) is 157 Å². The van der Waals surface area contributed by atoms with Crippen LogP contribution in [-0.4, -0.2) is 76.0 Å². The second-order valence-electron chi connectivity index (χ2n) is 16.5. The Morgan fingerprint density at radius 2 is 0.621 bits per heavy atom. The number of carbonyl (C=O) groups is 4. The Bertz CT molecular complexity index is 2040. The van der Waals surface area contributed by atoms with Crippen LogP contribution in [0.15, 0.2) is 95.9 Å². The minimum atomic E-state index is -0.896. The third kappa shape index (κ3) is 20.6. The number of nitrogens with zero attached hydrogens (tertiary/aromatic N) is 4. The van der Waals surface area contributed by atoms with Gasteiger partial charge in [0.25, 0.3) is 11.1 Å². The Kier molecular flexibility index (Phi) is 30.3. The fourth-order valence-corrected chi connectivity index (χ4v) is 5.10. The van der Waals surface area contributed by atoms with Gasteiger partial charge >= 0.3 is 11.7 Å². The number of hydroxylamine groups is 2. The molecule has 2 aromatic carbocycles. The Balaban J connectivity index is -0.000000372. The molecule has 0 unspecified atom stereocenters. The first-order chi connectivity index (χ1) is 28.9. The number of nitroso groups, excluding NO2 is 2. The van der Waals surface area contributed by atoms with Gasteiger partial charge in [0.2, 0.25) is 11.1 Å². The van der Waals surface area contributed by atoms with Crippen molar-refractivity contribution in [3.63, 3.8) is 0 Å². The van der Waals surface area contributed by atoms with E-state index >= 15 is 0 Å². The van der Waals surface area contributed by atoms with Crippen LogP contribution >= 0.6 is 0 Å². The number of amidine groups is 2. The number of ketones is 4. The smallest absolute Gasteiger partial charge is 0.504 e. The van der Waals surface area contributed by atoms with Crippen molar-refractivity contribution in [1.82, 2.24) is 0 Å². The van der Waals surface area contributed by atoms with E-state index in [2.05, 4.69) is 0 Å². The number of hydrogen-bond acceptors (Lipinski definition) is 14. The summed E-state index contributed by atoms with van der Waals surface area (Å²) in [5, 5.41) is 88.1. The summed E-state index contributed by atoms with van der Waals surface area (Å²) in [5.74, 6) is -2.34. The van der Waals surface area contributed by atoms with Crippen LogP contribution in [0.1, 0.15) is 122 Å². The number of rotatable bonds is 6. The molecule has 2 aliphatic rings. The molecule has 0 bridgehead atoms. The number of allylic oxidation sites excluding steroid dienone is 8. The van der Waals surface area contributed by atoms with Gasteiger partial charge in [0.05, 0.1) is 0 Å². The summed E-state index contributed by atoms with van der Waals surface area (Å²) in [6, 6.07) is 12.2. The quantitative estimate of drug-likeness (QED) is 0.173. The zero-order valence-corrected chi connectivity index (χ0v) is 44.1. The van der Waals surface area contributed by atoms with Gasteiger partial charge in [-0.3, -0.25) is 19.2 Å². The Morgan fingerprint density at radius 3 is 0.742 bits per heavy atom. The molecule has 0 aromatic heterocycles. The van der Waals surface area contributed by atoms with E-state index < -0.39 is 22.2 Å². The Morgan fingerprint density at radius 1 is 0.424 bits per heavy atom. The van der Waals surface area contributed by atoms with Crippen LogP contribution in [-0.2, 0) is 19.2 Å². The third-order valence-electron chi connectivity index (χ3n) is 9.68. The van der Waals surface area contributed by atoms with Crippen molar-refractivity contribution in [1.29, 1.82) is 0 Å². The number of para-hydroxylation sites is 2. The van der Waals surface area contributed by atoms with Crippen molar-refractivity contribution >= 4 is 34.8 Å². The monoisotopic (exact) mass is 1220 g/mol. The average molecular weight is 1220 g/mol. The number of carbonyl (C=O) groups excluding carboxylic acids is 4. The molecule has 66 heavy (non-hydrogen) atoms. The van der Waals surface area contributed by atoms with Crippen molar-refractivity contribution in [2.45, 2.75) is 133 Å². The van der Waals surface area contributed by atoms with Crippen molar-refractivity contribution < 1.29 is 145 Å². The van der Waals surface area contributed by atoms with Gasteiger partial charge in [0.15, 0.2) is 23.1 Å². The molecular formula is C46H60Dy2N4O14-4. The first kappa shape index (κ1) is 68.1. The van der Waals surface area contributed by atoms with Crippen LogP contribution < -0.4 is 30.6 Å². The molecule has 0 spiro atoms. The fraction of sp³-hybridized carbons (Fsp3) is 0.435. The predicted molar refractivity (Wildman–Crippen MR) is 229 cm³/mol. The van der Waals surface area contributed by atoms with Crippen molar-refractivity contribution in [3.8, 4) is 11.5 Å². The first-order valence-electron chi connectivity index (χ1n) is 19.5. The average Bonchev–Trinajstić information content (AvgIpc) is 3.31. The molecule has 0 saturated carbocycles. The summed E-state index contributed by atoms with van der Waals surface area (Å²) < 4.78 is 2.60. The second-order valence-corrected chi connectivity index (χ2v) is 16.5. The summed E-state index contributed by atoms with van der Waals surface area (Å²) in [6.07, 6.45) is 4.22. The molecule has 18 nitrogen and oxygen atoms in total. The number of benzene rings is 2.